The van der Waals surface area contributed by atoms with Crippen molar-refractivity contribution in [2.24, 2.45) is 0 Å². The first-order valence-electron chi connectivity index (χ1n) is 5.82. The molecule has 0 atom stereocenters. The van der Waals surface area contributed by atoms with Crippen LogP contribution in [0.2, 0.25) is 0 Å². The maximum Gasteiger partial charge on any atom is 0.240 e. The third kappa shape index (κ3) is 3.51. The van der Waals surface area contributed by atoms with Crippen molar-refractivity contribution in [1.29, 1.82) is 0 Å². The SMILES string of the molecule is CC(=O)N1CCN(CC(=O)Nc2nccs2)CC1. The van der Waals surface area contributed by atoms with Crippen LogP contribution in [-0.2, 0) is 9.59 Å². The Hall–Kier alpha value is -1.47. The van der Waals surface area contributed by atoms with Crippen molar-refractivity contribution >= 4 is 28.3 Å². The van der Waals surface area contributed by atoms with Crippen LogP contribution in [0.3, 0.4) is 0 Å². The monoisotopic (exact) mass is 268 g/mol. The van der Waals surface area contributed by atoms with E-state index in [1.165, 1.54) is 11.3 Å². The van der Waals surface area contributed by atoms with Crippen LogP contribution in [0.1, 0.15) is 6.92 Å². The van der Waals surface area contributed by atoms with E-state index in [-0.39, 0.29) is 11.8 Å². The Morgan fingerprint density at radius 2 is 2.11 bits per heavy atom. The molecule has 2 heterocycles. The molecule has 18 heavy (non-hydrogen) atoms. The maximum atomic E-state index is 11.7. The summed E-state index contributed by atoms with van der Waals surface area (Å²) < 4.78 is 0. The first-order valence-corrected chi connectivity index (χ1v) is 6.70. The number of amides is 2. The molecule has 0 aromatic carbocycles. The van der Waals surface area contributed by atoms with E-state index >= 15 is 0 Å². The number of aromatic nitrogens is 1. The summed E-state index contributed by atoms with van der Waals surface area (Å²) in [5.74, 6) is 0.0445. The van der Waals surface area contributed by atoms with Crippen molar-refractivity contribution in [3.63, 3.8) is 0 Å². The fourth-order valence-corrected chi connectivity index (χ4v) is 2.41. The molecule has 0 radical (unpaired) electrons. The number of rotatable bonds is 3. The molecule has 7 heteroatoms. The zero-order chi connectivity index (χ0) is 13.0. The number of anilines is 1. The number of thiazole rings is 1. The quantitative estimate of drug-likeness (QED) is 0.853. The van der Waals surface area contributed by atoms with E-state index in [0.717, 1.165) is 13.1 Å². The number of hydrogen-bond donors (Lipinski definition) is 1. The lowest BCUT2D eigenvalue weighted by atomic mass is 10.3. The van der Waals surface area contributed by atoms with Gasteiger partial charge in [0.05, 0.1) is 6.54 Å². The van der Waals surface area contributed by atoms with E-state index in [1.54, 1.807) is 18.0 Å². The van der Waals surface area contributed by atoms with E-state index in [1.807, 2.05) is 10.3 Å². The lowest BCUT2D eigenvalue weighted by molar-refractivity contribution is -0.130. The highest BCUT2D eigenvalue weighted by Gasteiger charge is 2.20. The number of carbonyl (C=O) groups excluding carboxylic acids is 2. The van der Waals surface area contributed by atoms with E-state index < -0.39 is 0 Å². The van der Waals surface area contributed by atoms with Gasteiger partial charge in [0.2, 0.25) is 11.8 Å². The summed E-state index contributed by atoms with van der Waals surface area (Å²) in [4.78, 5) is 30.7. The summed E-state index contributed by atoms with van der Waals surface area (Å²) in [5.41, 5.74) is 0. The summed E-state index contributed by atoms with van der Waals surface area (Å²) in [6.45, 7) is 4.80. The fraction of sp³-hybridized carbons (Fsp3) is 0.545. The molecular formula is C11H16N4O2S. The van der Waals surface area contributed by atoms with Gasteiger partial charge >= 0.3 is 0 Å². The number of nitrogens with zero attached hydrogens (tertiary/aromatic N) is 3. The van der Waals surface area contributed by atoms with Gasteiger partial charge in [0.25, 0.3) is 0 Å². The van der Waals surface area contributed by atoms with E-state index in [4.69, 9.17) is 0 Å². The Kier molecular flexibility index (Phi) is 4.27. The molecule has 1 aromatic heterocycles. The van der Waals surface area contributed by atoms with Crippen molar-refractivity contribution in [1.82, 2.24) is 14.8 Å². The Bertz CT molecular complexity index is 413. The van der Waals surface area contributed by atoms with Crippen LogP contribution in [0.15, 0.2) is 11.6 Å². The van der Waals surface area contributed by atoms with Gasteiger partial charge in [0.15, 0.2) is 5.13 Å². The second-order valence-electron chi connectivity index (χ2n) is 4.17. The Labute approximate surface area is 110 Å². The minimum absolute atomic E-state index is 0.0544. The highest BCUT2D eigenvalue weighted by atomic mass is 32.1. The lowest BCUT2D eigenvalue weighted by Gasteiger charge is -2.33. The largest absolute Gasteiger partial charge is 0.340 e. The molecule has 0 spiro atoms. The molecule has 0 unspecified atom stereocenters. The molecule has 1 aliphatic rings. The summed E-state index contributed by atoms with van der Waals surface area (Å²) in [6.07, 6.45) is 1.66. The van der Waals surface area contributed by atoms with E-state index in [9.17, 15) is 9.59 Å². The van der Waals surface area contributed by atoms with Crippen LogP contribution in [0.4, 0.5) is 5.13 Å². The molecule has 2 rings (SSSR count). The normalized spacial score (nSPS) is 16.6. The molecule has 1 N–H and O–H groups in total. The number of piperazine rings is 1. The number of nitrogens with one attached hydrogen (secondary N) is 1. The third-order valence-electron chi connectivity index (χ3n) is 2.86. The van der Waals surface area contributed by atoms with Crippen molar-refractivity contribution in [3.8, 4) is 0 Å². The fourth-order valence-electron chi connectivity index (χ4n) is 1.87. The minimum Gasteiger partial charge on any atom is -0.340 e. The van der Waals surface area contributed by atoms with Crippen molar-refractivity contribution < 1.29 is 9.59 Å². The van der Waals surface area contributed by atoms with Gasteiger partial charge in [-0.3, -0.25) is 14.5 Å². The summed E-state index contributed by atoms with van der Waals surface area (Å²) in [7, 11) is 0. The average Bonchev–Trinajstić information content (AvgIpc) is 2.82. The van der Waals surface area contributed by atoms with Crippen LogP contribution in [-0.4, -0.2) is 59.3 Å². The smallest absolute Gasteiger partial charge is 0.240 e. The topological polar surface area (TPSA) is 65.5 Å². The van der Waals surface area contributed by atoms with Gasteiger partial charge < -0.3 is 10.2 Å². The zero-order valence-corrected chi connectivity index (χ0v) is 11.1. The third-order valence-corrected chi connectivity index (χ3v) is 3.55. The molecule has 1 aliphatic heterocycles. The molecule has 1 aromatic rings. The Morgan fingerprint density at radius 3 is 2.67 bits per heavy atom. The van der Waals surface area contributed by atoms with Crippen molar-refractivity contribution in [2.45, 2.75) is 6.92 Å². The van der Waals surface area contributed by atoms with Gasteiger partial charge in [-0.05, 0) is 0 Å². The van der Waals surface area contributed by atoms with Crippen molar-refractivity contribution in [3.05, 3.63) is 11.6 Å². The molecule has 1 fully saturated rings. The second kappa shape index (κ2) is 5.92. The second-order valence-corrected chi connectivity index (χ2v) is 5.06. The highest BCUT2D eigenvalue weighted by Crippen LogP contribution is 2.10. The predicted octanol–water partition coefficient (Wildman–Crippen LogP) is 0.246. The van der Waals surface area contributed by atoms with Crippen LogP contribution < -0.4 is 5.32 Å². The first-order chi connectivity index (χ1) is 8.65. The summed E-state index contributed by atoms with van der Waals surface area (Å²) in [6, 6.07) is 0. The van der Waals surface area contributed by atoms with Crippen LogP contribution in [0.25, 0.3) is 0 Å². The van der Waals surface area contributed by atoms with Gasteiger partial charge in [-0.2, -0.15) is 0 Å². The predicted molar refractivity (Wildman–Crippen MR) is 69.4 cm³/mol. The number of hydrogen-bond acceptors (Lipinski definition) is 5. The summed E-state index contributed by atoms with van der Waals surface area (Å²) >= 11 is 1.40. The molecule has 6 nitrogen and oxygen atoms in total. The lowest BCUT2D eigenvalue weighted by Crippen LogP contribution is -2.49. The van der Waals surface area contributed by atoms with Gasteiger partial charge in [0.1, 0.15) is 0 Å². The van der Waals surface area contributed by atoms with Gasteiger partial charge in [-0.25, -0.2) is 4.98 Å². The Morgan fingerprint density at radius 1 is 1.39 bits per heavy atom. The molecule has 2 amide bonds. The maximum absolute atomic E-state index is 11.7. The molecule has 0 bridgehead atoms. The van der Waals surface area contributed by atoms with Crippen molar-refractivity contribution in [2.75, 3.05) is 38.0 Å². The average molecular weight is 268 g/mol. The molecular weight excluding hydrogens is 252 g/mol. The van der Waals surface area contributed by atoms with Gasteiger partial charge in [-0.15, -0.1) is 11.3 Å². The Balaban J connectivity index is 1.74. The zero-order valence-electron chi connectivity index (χ0n) is 10.3. The van der Waals surface area contributed by atoms with E-state index in [0.29, 0.717) is 24.8 Å². The van der Waals surface area contributed by atoms with Crippen LogP contribution >= 0.6 is 11.3 Å². The minimum atomic E-state index is -0.0544. The molecule has 98 valence electrons. The van der Waals surface area contributed by atoms with Gasteiger partial charge in [0, 0.05) is 44.7 Å². The first kappa shape index (κ1) is 13.0. The molecule has 0 saturated carbocycles. The molecule has 1 saturated heterocycles. The van der Waals surface area contributed by atoms with Crippen LogP contribution in [0, 0.1) is 0 Å². The number of carbonyl (C=O) groups is 2. The standard InChI is InChI=1S/C11H16N4O2S/c1-9(16)15-5-3-14(4-6-15)8-10(17)13-11-12-2-7-18-11/h2,7H,3-6,8H2,1H3,(H,12,13,17). The summed E-state index contributed by atoms with van der Waals surface area (Å²) in [5, 5.41) is 5.20. The van der Waals surface area contributed by atoms with Gasteiger partial charge in [-0.1, -0.05) is 0 Å². The highest BCUT2D eigenvalue weighted by molar-refractivity contribution is 7.13. The van der Waals surface area contributed by atoms with E-state index in [2.05, 4.69) is 10.3 Å². The van der Waals surface area contributed by atoms with Crippen LogP contribution in [0.5, 0.6) is 0 Å². The molecule has 0 aliphatic carbocycles.